The van der Waals surface area contributed by atoms with Gasteiger partial charge in [-0.05, 0) is 11.6 Å². The van der Waals surface area contributed by atoms with Crippen LogP contribution >= 0.6 is 0 Å². The fraction of sp³-hybridized carbons (Fsp3) is 0.286. The molecule has 0 aliphatic heterocycles. The molecule has 0 unspecified atom stereocenters. The molecule has 0 spiro atoms. The van der Waals surface area contributed by atoms with Gasteiger partial charge < -0.3 is 9.47 Å². The summed E-state index contributed by atoms with van der Waals surface area (Å²) in [5.74, 6) is -0.148. The van der Waals surface area contributed by atoms with E-state index in [-0.39, 0.29) is 12.3 Å². The zero-order valence-corrected chi connectivity index (χ0v) is 10.6. The molecule has 0 aliphatic carbocycles. The van der Waals surface area contributed by atoms with Gasteiger partial charge in [-0.25, -0.2) is 0 Å². The van der Waals surface area contributed by atoms with Crippen molar-refractivity contribution in [1.29, 1.82) is 5.26 Å². The normalized spacial score (nSPS) is 10.3. The summed E-state index contributed by atoms with van der Waals surface area (Å²) in [7, 11) is 3.71. The Bertz CT molecular complexity index is 621. The van der Waals surface area contributed by atoms with Gasteiger partial charge in [-0.15, -0.1) is 0 Å². The Kier molecular flexibility index (Phi) is 3.33. The van der Waals surface area contributed by atoms with Gasteiger partial charge in [0.2, 0.25) is 5.91 Å². The molecular weight excluding hydrogens is 226 g/mol. The standard InChI is InChI=1S/C14H15N3O/c1-16-9-11(10-17(2)14(18)7-8-15)12-5-3-4-6-13(12)16/h3-6,9H,7,10H2,1-2H3. The highest BCUT2D eigenvalue weighted by Crippen LogP contribution is 2.21. The number of carbonyl (C=O) groups excluding carboxylic acids is 1. The molecule has 1 aromatic heterocycles. The number of hydrogen-bond donors (Lipinski definition) is 0. The maximum atomic E-state index is 11.6. The molecule has 1 amide bonds. The summed E-state index contributed by atoms with van der Waals surface area (Å²) in [5, 5.41) is 9.68. The molecule has 0 radical (unpaired) electrons. The molecule has 0 atom stereocenters. The highest BCUT2D eigenvalue weighted by molar-refractivity contribution is 5.84. The van der Waals surface area contributed by atoms with E-state index in [0.717, 1.165) is 16.5 Å². The van der Waals surface area contributed by atoms with E-state index in [0.29, 0.717) is 6.54 Å². The van der Waals surface area contributed by atoms with Crippen molar-refractivity contribution in [3.63, 3.8) is 0 Å². The number of benzene rings is 1. The lowest BCUT2D eigenvalue weighted by Crippen LogP contribution is -2.25. The van der Waals surface area contributed by atoms with Crippen LogP contribution in [0.15, 0.2) is 30.5 Å². The molecule has 0 saturated heterocycles. The van der Waals surface area contributed by atoms with E-state index in [1.807, 2.05) is 42.1 Å². The lowest BCUT2D eigenvalue weighted by molar-refractivity contribution is -0.129. The van der Waals surface area contributed by atoms with Crippen LogP contribution in [-0.4, -0.2) is 22.4 Å². The van der Waals surface area contributed by atoms with Crippen molar-refractivity contribution in [2.24, 2.45) is 7.05 Å². The molecule has 1 aromatic carbocycles. The first kappa shape index (κ1) is 12.2. The first-order chi connectivity index (χ1) is 8.63. The van der Waals surface area contributed by atoms with Crippen LogP contribution in [0.25, 0.3) is 10.9 Å². The van der Waals surface area contributed by atoms with Gasteiger partial charge in [0.25, 0.3) is 0 Å². The zero-order chi connectivity index (χ0) is 13.1. The first-order valence-electron chi connectivity index (χ1n) is 5.77. The third-order valence-corrected chi connectivity index (χ3v) is 3.04. The molecule has 1 heterocycles. The number of nitriles is 1. The largest absolute Gasteiger partial charge is 0.350 e. The summed E-state index contributed by atoms with van der Waals surface area (Å²) in [6, 6.07) is 9.97. The minimum atomic E-state index is -0.148. The van der Waals surface area contributed by atoms with Crippen LogP contribution in [0, 0.1) is 11.3 Å². The van der Waals surface area contributed by atoms with E-state index < -0.39 is 0 Å². The number of carbonyl (C=O) groups is 1. The molecule has 4 heteroatoms. The van der Waals surface area contributed by atoms with Crippen molar-refractivity contribution in [3.8, 4) is 6.07 Å². The monoisotopic (exact) mass is 241 g/mol. The highest BCUT2D eigenvalue weighted by Gasteiger charge is 2.12. The lowest BCUT2D eigenvalue weighted by atomic mass is 10.1. The lowest BCUT2D eigenvalue weighted by Gasteiger charge is -2.14. The second-order valence-corrected chi connectivity index (χ2v) is 4.37. The number of rotatable bonds is 3. The molecule has 18 heavy (non-hydrogen) atoms. The van der Waals surface area contributed by atoms with Crippen LogP contribution in [0.2, 0.25) is 0 Å². The molecule has 0 aliphatic rings. The van der Waals surface area contributed by atoms with Crippen molar-refractivity contribution >= 4 is 16.8 Å². The van der Waals surface area contributed by atoms with E-state index in [1.165, 1.54) is 0 Å². The Labute approximate surface area is 106 Å². The van der Waals surface area contributed by atoms with E-state index >= 15 is 0 Å². The van der Waals surface area contributed by atoms with Crippen molar-refractivity contribution in [3.05, 3.63) is 36.0 Å². The molecule has 2 aromatic rings. The second kappa shape index (κ2) is 4.92. The van der Waals surface area contributed by atoms with Crippen LogP contribution < -0.4 is 0 Å². The minimum Gasteiger partial charge on any atom is -0.350 e. The SMILES string of the molecule is CN(Cc1cn(C)c2ccccc12)C(=O)CC#N. The van der Waals surface area contributed by atoms with E-state index in [9.17, 15) is 4.79 Å². The number of para-hydroxylation sites is 1. The first-order valence-corrected chi connectivity index (χ1v) is 5.77. The number of fused-ring (bicyclic) bond motifs is 1. The number of nitrogens with zero attached hydrogens (tertiary/aromatic N) is 3. The van der Waals surface area contributed by atoms with Crippen LogP contribution in [-0.2, 0) is 18.4 Å². The minimum absolute atomic E-state index is 0.0682. The van der Waals surface area contributed by atoms with Gasteiger partial charge in [0, 0.05) is 37.7 Å². The number of aromatic nitrogens is 1. The quantitative estimate of drug-likeness (QED) is 0.825. The number of hydrogen-bond acceptors (Lipinski definition) is 2. The fourth-order valence-electron chi connectivity index (χ4n) is 2.10. The maximum Gasteiger partial charge on any atom is 0.236 e. The van der Waals surface area contributed by atoms with Gasteiger partial charge in [-0.1, -0.05) is 18.2 Å². The van der Waals surface area contributed by atoms with E-state index in [1.54, 1.807) is 11.9 Å². The fourth-order valence-corrected chi connectivity index (χ4v) is 2.10. The Balaban J connectivity index is 2.28. The highest BCUT2D eigenvalue weighted by atomic mass is 16.2. The molecule has 92 valence electrons. The summed E-state index contributed by atoms with van der Waals surface area (Å²) in [6.07, 6.45) is 1.96. The summed E-state index contributed by atoms with van der Waals surface area (Å²) in [6.45, 7) is 0.530. The number of amides is 1. The maximum absolute atomic E-state index is 11.6. The molecular formula is C14H15N3O. The van der Waals surface area contributed by atoms with E-state index in [2.05, 4.69) is 6.07 Å². The Morgan fingerprint density at radius 1 is 1.44 bits per heavy atom. The summed E-state index contributed by atoms with van der Waals surface area (Å²) < 4.78 is 2.05. The molecule has 0 fully saturated rings. The smallest absolute Gasteiger partial charge is 0.236 e. The third-order valence-electron chi connectivity index (χ3n) is 3.04. The molecule has 0 bridgehead atoms. The Morgan fingerprint density at radius 2 is 2.17 bits per heavy atom. The van der Waals surface area contributed by atoms with Crippen LogP contribution in [0.5, 0.6) is 0 Å². The predicted molar refractivity (Wildman–Crippen MR) is 69.6 cm³/mol. The Hall–Kier alpha value is -2.28. The third kappa shape index (κ3) is 2.21. The van der Waals surface area contributed by atoms with Crippen molar-refractivity contribution in [1.82, 2.24) is 9.47 Å². The van der Waals surface area contributed by atoms with Gasteiger partial charge in [0.05, 0.1) is 6.07 Å². The summed E-state index contributed by atoms with van der Waals surface area (Å²) in [5.41, 5.74) is 2.25. The molecule has 4 nitrogen and oxygen atoms in total. The predicted octanol–water partition coefficient (Wildman–Crippen LogP) is 2.05. The van der Waals surface area contributed by atoms with Crippen LogP contribution in [0.1, 0.15) is 12.0 Å². The van der Waals surface area contributed by atoms with Crippen molar-refractivity contribution in [2.45, 2.75) is 13.0 Å². The molecule has 0 saturated carbocycles. The van der Waals surface area contributed by atoms with Gasteiger partial charge in [0.1, 0.15) is 6.42 Å². The summed E-state index contributed by atoms with van der Waals surface area (Å²) >= 11 is 0. The van der Waals surface area contributed by atoms with Gasteiger partial charge in [-0.2, -0.15) is 5.26 Å². The van der Waals surface area contributed by atoms with Gasteiger partial charge in [-0.3, -0.25) is 4.79 Å². The van der Waals surface area contributed by atoms with Crippen LogP contribution in [0.4, 0.5) is 0 Å². The molecule has 2 rings (SSSR count). The summed E-state index contributed by atoms with van der Waals surface area (Å²) in [4.78, 5) is 13.2. The zero-order valence-electron chi connectivity index (χ0n) is 10.6. The van der Waals surface area contributed by atoms with Crippen LogP contribution in [0.3, 0.4) is 0 Å². The van der Waals surface area contributed by atoms with Crippen molar-refractivity contribution < 1.29 is 4.79 Å². The van der Waals surface area contributed by atoms with Gasteiger partial charge >= 0.3 is 0 Å². The molecule has 0 N–H and O–H groups in total. The second-order valence-electron chi connectivity index (χ2n) is 4.37. The average Bonchev–Trinajstić information content (AvgIpc) is 2.67. The van der Waals surface area contributed by atoms with E-state index in [4.69, 9.17) is 5.26 Å². The van der Waals surface area contributed by atoms with Crippen molar-refractivity contribution in [2.75, 3.05) is 7.05 Å². The topological polar surface area (TPSA) is 49.0 Å². The Morgan fingerprint density at radius 3 is 2.89 bits per heavy atom. The number of aryl methyl sites for hydroxylation is 1. The average molecular weight is 241 g/mol. The van der Waals surface area contributed by atoms with Gasteiger partial charge in [0.15, 0.2) is 0 Å².